The first-order valence-electron chi connectivity index (χ1n) is 6.46. The Morgan fingerprint density at radius 2 is 2.33 bits per heavy atom. The predicted molar refractivity (Wildman–Crippen MR) is 72.8 cm³/mol. The molecule has 4 heteroatoms. The third kappa shape index (κ3) is 2.34. The lowest BCUT2D eigenvalue weighted by Gasteiger charge is -2.36. The van der Waals surface area contributed by atoms with Crippen molar-refractivity contribution >= 4 is 16.6 Å². The average molecular weight is 245 g/mol. The van der Waals surface area contributed by atoms with Crippen molar-refractivity contribution in [3.63, 3.8) is 0 Å². The standard InChI is InChI=1S/C14H19N3O/c1-14(2)8-12(5-6-18-14)16-11-4-3-10-9-15-17-13(10)7-11/h3-4,7,9,12,16H,5-6,8H2,1-2H3,(H,15,17). The van der Waals surface area contributed by atoms with Crippen molar-refractivity contribution in [1.82, 2.24) is 10.2 Å². The lowest BCUT2D eigenvalue weighted by Crippen LogP contribution is -2.40. The lowest BCUT2D eigenvalue weighted by molar-refractivity contribution is -0.0553. The van der Waals surface area contributed by atoms with Crippen molar-refractivity contribution in [2.45, 2.75) is 38.3 Å². The van der Waals surface area contributed by atoms with E-state index in [0.29, 0.717) is 6.04 Å². The SMILES string of the molecule is CC1(C)CC(Nc2ccc3cn[nH]c3c2)CCO1. The zero-order valence-corrected chi connectivity index (χ0v) is 10.9. The van der Waals surface area contributed by atoms with Gasteiger partial charge in [0.1, 0.15) is 0 Å². The van der Waals surface area contributed by atoms with Crippen LogP contribution in [0, 0.1) is 0 Å². The molecule has 1 saturated heterocycles. The van der Waals surface area contributed by atoms with E-state index in [0.717, 1.165) is 36.0 Å². The van der Waals surface area contributed by atoms with Crippen LogP contribution in [0.3, 0.4) is 0 Å². The van der Waals surface area contributed by atoms with Crippen LogP contribution in [0.2, 0.25) is 0 Å². The number of rotatable bonds is 2. The first kappa shape index (κ1) is 11.5. The molecule has 1 aromatic heterocycles. The zero-order chi connectivity index (χ0) is 12.6. The molecule has 4 nitrogen and oxygen atoms in total. The Balaban J connectivity index is 1.75. The average Bonchev–Trinajstić information content (AvgIpc) is 2.74. The summed E-state index contributed by atoms with van der Waals surface area (Å²) in [5, 5.41) is 11.8. The van der Waals surface area contributed by atoms with Gasteiger partial charge in [-0.1, -0.05) is 0 Å². The topological polar surface area (TPSA) is 49.9 Å². The van der Waals surface area contributed by atoms with Crippen molar-refractivity contribution in [3.05, 3.63) is 24.4 Å². The Labute approximate surface area is 107 Å². The molecule has 1 aliphatic rings. The molecule has 2 aromatic rings. The molecule has 3 rings (SSSR count). The number of hydrogen-bond donors (Lipinski definition) is 2. The van der Waals surface area contributed by atoms with Crippen molar-refractivity contribution in [2.24, 2.45) is 0 Å². The molecular formula is C14H19N3O. The van der Waals surface area contributed by atoms with Crippen LogP contribution in [0.15, 0.2) is 24.4 Å². The number of ether oxygens (including phenoxy) is 1. The van der Waals surface area contributed by atoms with Crippen molar-refractivity contribution in [3.8, 4) is 0 Å². The van der Waals surface area contributed by atoms with Crippen molar-refractivity contribution < 1.29 is 4.74 Å². The lowest BCUT2D eigenvalue weighted by atomic mass is 9.94. The van der Waals surface area contributed by atoms with E-state index in [2.05, 4.69) is 47.6 Å². The number of fused-ring (bicyclic) bond motifs is 1. The van der Waals surface area contributed by atoms with Gasteiger partial charge in [-0.3, -0.25) is 5.10 Å². The largest absolute Gasteiger partial charge is 0.382 e. The van der Waals surface area contributed by atoms with Gasteiger partial charge in [0.15, 0.2) is 0 Å². The van der Waals surface area contributed by atoms with Gasteiger partial charge in [-0.25, -0.2) is 0 Å². The number of nitrogens with zero attached hydrogens (tertiary/aromatic N) is 1. The summed E-state index contributed by atoms with van der Waals surface area (Å²) < 4.78 is 5.73. The highest BCUT2D eigenvalue weighted by Gasteiger charge is 2.28. The molecule has 0 aliphatic carbocycles. The summed E-state index contributed by atoms with van der Waals surface area (Å²) in [7, 11) is 0. The maximum atomic E-state index is 5.73. The van der Waals surface area contributed by atoms with Crippen LogP contribution in [0.1, 0.15) is 26.7 Å². The minimum atomic E-state index is -0.0198. The number of H-pyrrole nitrogens is 1. The minimum absolute atomic E-state index is 0.0198. The first-order valence-corrected chi connectivity index (χ1v) is 6.46. The minimum Gasteiger partial charge on any atom is -0.382 e. The van der Waals surface area contributed by atoms with E-state index < -0.39 is 0 Å². The highest BCUT2D eigenvalue weighted by atomic mass is 16.5. The Morgan fingerprint density at radius 3 is 3.17 bits per heavy atom. The molecule has 0 amide bonds. The van der Waals surface area contributed by atoms with Crippen molar-refractivity contribution in [1.29, 1.82) is 0 Å². The second-order valence-corrected chi connectivity index (χ2v) is 5.61. The quantitative estimate of drug-likeness (QED) is 0.855. The number of aromatic nitrogens is 2. The third-order valence-corrected chi connectivity index (χ3v) is 3.51. The monoisotopic (exact) mass is 245 g/mol. The van der Waals surface area contributed by atoms with Gasteiger partial charge in [0.05, 0.1) is 17.3 Å². The van der Waals surface area contributed by atoms with Crippen LogP contribution < -0.4 is 5.32 Å². The fraction of sp³-hybridized carbons (Fsp3) is 0.500. The van der Waals surface area contributed by atoms with E-state index >= 15 is 0 Å². The zero-order valence-electron chi connectivity index (χ0n) is 10.9. The molecular weight excluding hydrogens is 226 g/mol. The number of anilines is 1. The molecule has 0 bridgehead atoms. The molecule has 0 saturated carbocycles. The summed E-state index contributed by atoms with van der Waals surface area (Å²) in [6.45, 7) is 5.13. The van der Waals surface area contributed by atoms with E-state index in [1.807, 2.05) is 6.20 Å². The summed E-state index contributed by atoms with van der Waals surface area (Å²) in [6, 6.07) is 6.80. The number of benzene rings is 1. The summed E-state index contributed by atoms with van der Waals surface area (Å²) in [6.07, 6.45) is 3.94. The number of aromatic amines is 1. The van der Waals surface area contributed by atoms with Gasteiger partial charge in [0.2, 0.25) is 0 Å². The molecule has 2 heterocycles. The van der Waals surface area contributed by atoms with E-state index in [9.17, 15) is 0 Å². The van der Waals surface area contributed by atoms with E-state index in [1.54, 1.807) is 0 Å². The Morgan fingerprint density at radius 1 is 1.44 bits per heavy atom. The molecule has 18 heavy (non-hydrogen) atoms. The van der Waals surface area contributed by atoms with Crippen LogP contribution in [0.4, 0.5) is 5.69 Å². The first-order chi connectivity index (χ1) is 8.62. The molecule has 1 fully saturated rings. The van der Waals surface area contributed by atoms with Gasteiger partial charge in [-0.05, 0) is 44.9 Å². The van der Waals surface area contributed by atoms with E-state index in [1.165, 1.54) is 0 Å². The third-order valence-electron chi connectivity index (χ3n) is 3.51. The fourth-order valence-electron chi connectivity index (χ4n) is 2.62. The highest BCUT2D eigenvalue weighted by Crippen LogP contribution is 2.27. The highest BCUT2D eigenvalue weighted by molar-refractivity contribution is 5.81. The van der Waals surface area contributed by atoms with Crippen LogP contribution >= 0.6 is 0 Å². The Kier molecular flexibility index (Phi) is 2.74. The van der Waals surface area contributed by atoms with Crippen LogP contribution in [-0.4, -0.2) is 28.4 Å². The molecule has 96 valence electrons. The van der Waals surface area contributed by atoms with Crippen LogP contribution in [0.5, 0.6) is 0 Å². The predicted octanol–water partition coefficient (Wildman–Crippen LogP) is 2.93. The maximum Gasteiger partial charge on any atom is 0.0670 e. The van der Waals surface area contributed by atoms with Gasteiger partial charge < -0.3 is 10.1 Å². The summed E-state index contributed by atoms with van der Waals surface area (Å²) in [5.41, 5.74) is 2.20. The summed E-state index contributed by atoms with van der Waals surface area (Å²) in [4.78, 5) is 0. The second-order valence-electron chi connectivity index (χ2n) is 5.61. The smallest absolute Gasteiger partial charge is 0.0670 e. The van der Waals surface area contributed by atoms with E-state index in [-0.39, 0.29) is 5.60 Å². The molecule has 1 atom stereocenters. The summed E-state index contributed by atoms with van der Waals surface area (Å²) >= 11 is 0. The molecule has 0 radical (unpaired) electrons. The van der Waals surface area contributed by atoms with Gasteiger partial charge in [0.25, 0.3) is 0 Å². The van der Waals surface area contributed by atoms with E-state index in [4.69, 9.17) is 4.74 Å². The Bertz CT molecular complexity index is 547. The Hall–Kier alpha value is -1.55. The number of nitrogens with one attached hydrogen (secondary N) is 2. The van der Waals surface area contributed by atoms with Crippen LogP contribution in [-0.2, 0) is 4.74 Å². The van der Waals surface area contributed by atoms with Gasteiger partial charge in [-0.15, -0.1) is 0 Å². The summed E-state index contributed by atoms with van der Waals surface area (Å²) in [5.74, 6) is 0. The van der Waals surface area contributed by atoms with Gasteiger partial charge >= 0.3 is 0 Å². The maximum absolute atomic E-state index is 5.73. The second kappa shape index (κ2) is 4.28. The molecule has 1 aromatic carbocycles. The van der Waals surface area contributed by atoms with Crippen LogP contribution in [0.25, 0.3) is 10.9 Å². The fourth-order valence-corrected chi connectivity index (χ4v) is 2.62. The number of hydrogen-bond acceptors (Lipinski definition) is 3. The molecule has 2 N–H and O–H groups in total. The van der Waals surface area contributed by atoms with Gasteiger partial charge in [0, 0.05) is 23.7 Å². The molecule has 0 spiro atoms. The van der Waals surface area contributed by atoms with Gasteiger partial charge in [-0.2, -0.15) is 5.10 Å². The molecule has 1 aliphatic heterocycles. The molecule has 1 unspecified atom stereocenters. The normalized spacial score (nSPS) is 23.1. The van der Waals surface area contributed by atoms with Crippen molar-refractivity contribution in [2.75, 3.05) is 11.9 Å².